The predicted molar refractivity (Wildman–Crippen MR) is 101 cm³/mol. The minimum Gasteiger partial charge on any atom is -0.504 e. The highest BCUT2D eigenvalue weighted by atomic mass is 32.2. The number of hydrogen-bond acceptors (Lipinski definition) is 6. The maximum absolute atomic E-state index is 12.0. The van der Waals surface area contributed by atoms with Gasteiger partial charge in [0, 0.05) is 24.6 Å². The number of thioether (sulfide) groups is 2. The summed E-state index contributed by atoms with van der Waals surface area (Å²) in [5.74, 6) is 2.50. The zero-order valence-corrected chi connectivity index (χ0v) is 14.9. The molecule has 1 fully saturated rings. The minimum absolute atomic E-state index is 0.104. The highest BCUT2D eigenvalue weighted by Crippen LogP contribution is 2.30. The molecule has 2 aliphatic heterocycles. The lowest BCUT2D eigenvalue weighted by molar-refractivity contribution is -0.113. The summed E-state index contributed by atoms with van der Waals surface area (Å²) in [4.78, 5) is 19.0. The second kappa shape index (κ2) is 7.81. The number of phenols is 1. The maximum atomic E-state index is 12.0. The van der Waals surface area contributed by atoms with Gasteiger partial charge in [-0.3, -0.25) is 4.79 Å². The number of rotatable bonds is 3. The molecule has 3 rings (SSSR count). The number of hydrogen-bond donors (Lipinski definition) is 1. The van der Waals surface area contributed by atoms with E-state index in [0.717, 1.165) is 35.3 Å². The number of aromatic hydroxyl groups is 1. The Hall–Kier alpha value is -1.86. The molecule has 5 nitrogen and oxygen atoms in total. The van der Waals surface area contributed by atoms with Gasteiger partial charge in [-0.05, 0) is 35.5 Å². The lowest BCUT2D eigenvalue weighted by atomic mass is 10.2. The Morgan fingerprint density at radius 1 is 1.33 bits per heavy atom. The molecule has 0 aromatic heterocycles. The van der Waals surface area contributed by atoms with Crippen molar-refractivity contribution in [3.05, 3.63) is 40.8 Å². The van der Waals surface area contributed by atoms with Crippen LogP contribution in [-0.2, 0) is 4.79 Å². The van der Waals surface area contributed by atoms with Gasteiger partial charge in [-0.15, -0.1) is 0 Å². The summed E-state index contributed by atoms with van der Waals surface area (Å²) >= 11 is 3.36. The number of amidine groups is 1. The van der Waals surface area contributed by atoms with Crippen molar-refractivity contribution in [3.63, 3.8) is 0 Å². The number of nitrogens with zero attached hydrogens (tertiary/aromatic N) is 2. The van der Waals surface area contributed by atoms with Crippen molar-refractivity contribution in [1.82, 2.24) is 4.90 Å². The number of carbonyl (C=O) groups is 1. The SMILES string of the molecule is COc1cc(C=CC=C2SC(N3CCSCC3)=NC2=O)ccc1O. The highest BCUT2D eigenvalue weighted by molar-refractivity contribution is 8.18. The van der Waals surface area contributed by atoms with Crippen LogP contribution in [0.25, 0.3) is 6.08 Å². The fourth-order valence-electron chi connectivity index (χ4n) is 2.35. The number of aliphatic imine (C=N–C) groups is 1. The van der Waals surface area contributed by atoms with E-state index in [-0.39, 0.29) is 11.7 Å². The smallest absolute Gasteiger partial charge is 0.286 e. The van der Waals surface area contributed by atoms with Crippen molar-refractivity contribution in [2.75, 3.05) is 31.7 Å². The number of allylic oxidation sites excluding steroid dienone is 2. The molecule has 0 atom stereocenters. The third-order valence-corrected chi connectivity index (χ3v) is 5.64. The third kappa shape index (κ3) is 3.96. The first-order valence-electron chi connectivity index (χ1n) is 7.56. The average molecular weight is 362 g/mol. The molecule has 2 aliphatic rings. The standard InChI is InChI=1S/C17H18N2O3S2/c1-22-14-11-12(5-6-13(14)20)3-2-4-15-16(21)18-17(24-15)19-7-9-23-10-8-19/h2-6,11,20H,7-10H2,1H3. The van der Waals surface area contributed by atoms with Crippen LogP contribution in [0.5, 0.6) is 11.5 Å². The maximum Gasteiger partial charge on any atom is 0.286 e. The number of phenolic OH excluding ortho intramolecular Hbond substituents is 1. The molecule has 2 heterocycles. The zero-order chi connectivity index (χ0) is 16.9. The second-order valence-corrected chi connectivity index (χ2v) is 7.46. The van der Waals surface area contributed by atoms with Crippen LogP contribution < -0.4 is 4.74 Å². The normalized spacial score (nSPS) is 20.0. The lowest BCUT2D eigenvalue weighted by Crippen LogP contribution is -2.35. The highest BCUT2D eigenvalue weighted by Gasteiger charge is 2.26. The molecule has 1 N–H and O–H groups in total. The van der Waals surface area contributed by atoms with Gasteiger partial charge in [0.2, 0.25) is 0 Å². The van der Waals surface area contributed by atoms with E-state index in [9.17, 15) is 9.90 Å². The van der Waals surface area contributed by atoms with Crippen LogP contribution >= 0.6 is 23.5 Å². The summed E-state index contributed by atoms with van der Waals surface area (Å²) in [6, 6.07) is 5.10. The van der Waals surface area contributed by atoms with E-state index in [1.165, 1.54) is 18.9 Å². The molecule has 0 bridgehead atoms. The average Bonchev–Trinajstić information content (AvgIpc) is 2.98. The topological polar surface area (TPSA) is 62.1 Å². The van der Waals surface area contributed by atoms with Gasteiger partial charge in [0.1, 0.15) is 0 Å². The molecule has 0 unspecified atom stereocenters. The van der Waals surface area contributed by atoms with Crippen molar-refractivity contribution in [3.8, 4) is 11.5 Å². The Labute approximate surface area is 149 Å². The summed E-state index contributed by atoms with van der Waals surface area (Å²) in [5.41, 5.74) is 0.881. The van der Waals surface area contributed by atoms with E-state index in [4.69, 9.17) is 4.74 Å². The molecule has 0 radical (unpaired) electrons. The van der Waals surface area contributed by atoms with Crippen LogP contribution in [0.15, 0.2) is 40.2 Å². The Kier molecular flexibility index (Phi) is 5.52. The zero-order valence-electron chi connectivity index (χ0n) is 13.3. The Balaban J connectivity index is 1.66. The van der Waals surface area contributed by atoms with Gasteiger partial charge in [-0.2, -0.15) is 16.8 Å². The fraction of sp³-hybridized carbons (Fsp3) is 0.294. The Morgan fingerprint density at radius 3 is 2.88 bits per heavy atom. The predicted octanol–water partition coefficient (Wildman–Crippen LogP) is 2.98. The molecule has 24 heavy (non-hydrogen) atoms. The van der Waals surface area contributed by atoms with Crippen LogP contribution in [-0.4, -0.2) is 52.8 Å². The van der Waals surface area contributed by atoms with Gasteiger partial charge in [0.25, 0.3) is 5.91 Å². The molecule has 0 aliphatic carbocycles. The molecule has 1 aromatic rings. The first kappa shape index (κ1) is 17.0. The first-order valence-corrected chi connectivity index (χ1v) is 9.53. The lowest BCUT2D eigenvalue weighted by Gasteiger charge is -2.26. The van der Waals surface area contributed by atoms with E-state index in [0.29, 0.717) is 10.7 Å². The Morgan fingerprint density at radius 2 is 2.12 bits per heavy atom. The van der Waals surface area contributed by atoms with E-state index in [1.807, 2.05) is 23.9 Å². The molecule has 1 saturated heterocycles. The van der Waals surface area contributed by atoms with Crippen LogP contribution in [0.1, 0.15) is 5.56 Å². The number of carbonyl (C=O) groups excluding carboxylic acids is 1. The third-order valence-electron chi connectivity index (χ3n) is 3.63. The Bertz CT molecular complexity index is 723. The number of amides is 1. The number of ether oxygens (including phenoxy) is 1. The van der Waals surface area contributed by atoms with Gasteiger partial charge in [0.05, 0.1) is 12.0 Å². The second-order valence-electron chi connectivity index (χ2n) is 5.22. The van der Waals surface area contributed by atoms with Gasteiger partial charge >= 0.3 is 0 Å². The molecule has 0 spiro atoms. The van der Waals surface area contributed by atoms with Crippen molar-refractivity contribution < 1.29 is 14.6 Å². The van der Waals surface area contributed by atoms with Gasteiger partial charge in [-0.25, -0.2) is 0 Å². The summed E-state index contributed by atoms with van der Waals surface area (Å²) in [5, 5.41) is 10.4. The van der Waals surface area contributed by atoms with Crippen molar-refractivity contribution in [2.45, 2.75) is 0 Å². The van der Waals surface area contributed by atoms with Crippen LogP contribution in [0.4, 0.5) is 0 Å². The first-order chi connectivity index (χ1) is 11.7. The number of benzene rings is 1. The van der Waals surface area contributed by atoms with Crippen molar-refractivity contribution in [1.29, 1.82) is 0 Å². The van der Waals surface area contributed by atoms with E-state index < -0.39 is 0 Å². The molecular formula is C17H18N2O3S2. The molecule has 1 amide bonds. The monoisotopic (exact) mass is 362 g/mol. The molecule has 126 valence electrons. The molecule has 1 aromatic carbocycles. The van der Waals surface area contributed by atoms with Crippen LogP contribution in [0, 0.1) is 0 Å². The molecular weight excluding hydrogens is 344 g/mol. The molecule has 7 heteroatoms. The summed E-state index contributed by atoms with van der Waals surface area (Å²) in [6.07, 6.45) is 5.45. The summed E-state index contributed by atoms with van der Waals surface area (Å²) in [6.45, 7) is 1.89. The van der Waals surface area contributed by atoms with Gasteiger partial charge in [-0.1, -0.05) is 18.2 Å². The van der Waals surface area contributed by atoms with Gasteiger partial charge < -0.3 is 14.7 Å². The van der Waals surface area contributed by atoms with Crippen LogP contribution in [0.2, 0.25) is 0 Å². The van der Waals surface area contributed by atoms with E-state index in [1.54, 1.807) is 24.3 Å². The largest absolute Gasteiger partial charge is 0.504 e. The van der Waals surface area contributed by atoms with Crippen molar-refractivity contribution in [2.24, 2.45) is 4.99 Å². The fourth-order valence-corrected chi connectivity index (χ4v) is 4.17. The van der Waals surface area contributed by atoms with E-state index >= 15 is 0 Å². The summed E-state index contributed by atoms with van der Waals surface area (Å²) in [7, 11) is 1.51. The van der Waals surface area contributed by atoms with Crippen molar-refractivity contribution >= 4 is 40.7 Å². The van der Waals surface area contributed by atoms with E-state index in [2.05, 4.69) is 9.89 Å². The number of methoxy groups -OCH3 is 1. The summed E-state index contributed by atoms with van der Waals surface area (Å²) < 4.78 is 5.08. The van der Waals surface area contributed by atoms with Crippen LogP contribution in [0.3, 0.4) is 0 Å². The molecule has 0 saturated carbocycles. The van der Waals surface area contributed by atoms with Gasteiger partial charge in [0.15, 0.2) is 16.7 Å². The quantitative estimate of drug-likeness (QED) is 0.834. The minimum atomic E-state index is -0.179.